The van der Waals surface area contributed by atoms with Gasteiger partial charge in [0.15, 0.2) is 0 Å². The molecule has 1 unspecified atom stereocenters. The highest BCUT2D eigenvalue weighted by Crippen LogP contribution is 2.31. The second kappa shape index (κ2) is 5.14. The number of aryl methyl sites for hydroxylation is 1. The van der Waals surface area contributed by atoms with Gasteiger partial charge in [-0.2, -0.15) is 0 Å². The van der Waals surface area contributed by atoms with E-state index >= 15 is 0 Å². The van der Waals surface area contributed by atoms with E-state index in [1.165, 1.54) is 10.9 Å². The summed E-state index contributed by atoms with van der Waals surface area (Å²) in [5, 5.41) is 2.10. The highest BCUT2D eigenvalue weighted by atomic mass is 35.5. The molecular weight excluding hydrogens is 259 g/mol. The molecule has 17 heavy (non-hydrogen) atoms. The second-order valence-corrected chi connectivity index (χ2v) is 5.23. The minimum absolute atomic E-state index is 0.110. The first-order valence-electron chi connectivity index (χ1n) is 5.08. The first-order chi connectivity index (χ1) is 8.13. The number of hydrogen-bond donors (Lipinski definition) is 2. The first-order valence-corrected chi connectivity index (χ1v) is 6.34. The molecule has 3 N–H and O–H groups in total. The molecule has 0 fully saturated rings. The molecule has 0 aliphatic heterocycles. The second-order valence-electron chi connectivity index (χ2n) is 3.73. The number of halogens is 2. The third kappa shape index (κ3) is 2.50. The van der Waals surface area contributed by atoms with E-state index in [-0.39, 0.29) is 11.1 Å². The van der Waals surface area contributed by atoms with Crippen LogP contribution in [-0.2, 0) is 0 Å². The van der Waals surface area contributed by atoms with Crippen molar-refractivity contribution in [2.24, 2.45) is 5.84 Å². The number of thiophene rings is 1. The molecular formula is C12H12ClFN2S. The van der Waals surface area contributed by atoms with Gasteiger partial charge in [-0.25, -0.2) is 9.82 Å². The topological polar surface area (TPSA) is 38.0 Å². The van der Waals surface area contributed by atoms with Crippen LogP contribution in [0, 0.1) is 12.7 Å². The van der Waals surface area contributed by atoms with E-state index in [0.717, 1.165) is 5.56 Å². The van der Waals surface area contributed by atoms with E-state index < -0.39 is 5.82 Å². The molecule has 0 saturated carbocycles. The summed E-state index contributed by atoms with van der Waals surface area (Å²) in [6.45, 7) is 2.01. The van der Waals surface area contributed by atoms with Crippen LogP contribution in [0.4, 0.5) is 4.39 Å². The van der Waals surface area contributed by atoms with Crippen molar-refractivity contribution >= 4 is 22.9 Å². The molecule has 0 bridgehead atoms. The number of hydrazine groups is 1. The number of rotatable bonds is 3. The number of benzene rings is 1. The van der Waals surface area contributed by atoms with Crippen LogP contribution in [0.2, 0.25) is 5.02 Å². The van der Waals surface area contributed by atoms with E-state index in [2.05, 4.69) is 5.43 Å². The summed E-state index contributed by atoms with van der Waals surface area (Å²) in [6, 6.07) is 6.45. The van der Waals surface area contributed by atoms with E-state index in [1.807, 2.05) is 18.4 Å². The molecule has 2 rings (SSSR count). The van der Waals surface area contributed by atoms with E-state index in [9.17, 15) is 4.39 Å². The van der Waals surface area contributed by atoms with E-state index in [1.54, 1.807) is 23.5 Å². The SMILES string of the molecule is Cc1cc(C(NN)c2cccc(F)c2Cl)cs1. The molecule has 0 aliphatic rings. The molecule has 0 radical (unpaired) electrons. The molecule has 2 aromatic rings. The van der Waals surface area contributed by atoms with Crippen molar-refractivity contribution in [3.8, 4) is 0 Å². The van der Waals surface area contributed by atoms with Crippen molar-refractivity contribution in [3.05, 3.63) is 56.5 Å². The van der Waals surface area contributed by atoms with Gasteiger partial charge in [0.05, 0.1) is 11.1 Å². The Bertz CT molecular complexity index is 527. The highest BCUT2D eigenvalue weighted by molar-refractivity contribution is 7.10. The zero-order valence-electron chi connectivity index (χ0n) is 9.21. The van der Waals surface area contributed by atoms with Gasteiger partial charge in [0.1, 0.15) is 5.82 Å². The average molecular weight is 271 g/mol. The van der Waals surface area contributed by atoms with Gasteiger partial charge >= 0.3 is 0 Å². The Labute approximate surface area is 108 Å². The van der Waals surface area contributed by atoms with Gasteiger partial charge in [-0.3, -0.25) is 5.84 Å². The molecule has 1 heterocycles. The molecule has 0 saturated heterocycles. The van der Waals surface area contributed by atoms with Crippen LogP contribution in [0.3, 0.4) is 0 Å². The van der Waals surface area contributed by atoms with Crippen LogP contribution in [0.25, 0.3) is 0 Å². The maximum Gasteiger partial charge on any atom is 0.142 e. The van der Waals surface area contributed by atoms with Crippen molar-refractivity contribution in [3.63, 3.8) is 0 Å². The Morgan fingerprint density at radius 2 is 2.24 bits per heavy atom. The maximum absolute atomic E-state index is 13.4. The summed E-state index contributed by atoms with van der Waals surface area (Å²) < 4.78 is 13.4. The number of nitrogens with two attached hydrogens (primary N) is 1. The van der Waals surface area contributed by atoms with Gasteiger partial charge in [0, 0.05) is 4.88 Å². The minimum atomic E-state index is -0.434. The van der Waals surface area contributed by atoms with Gasteiger partial charge in [0.25, 0.3) is 0 Å². The normalized spacial score (nSPS) is 12.7. The van der Waals surface area contributed by atoms with Gasteiger partial charge in [-0.1, -0.05) is 23.7 Å². The lowest BCUT2D eigenvalue weighted by molar-refractivity contribution is 0.606. The van der Waals surface area contributed by atoms with Crippen LogP contribution in [0.1, 0.15) is 22.0 Å². The smallest absolute Gasteiger partial charge is 0.142 e. The molecule has 1 aromatic heterocycles. The Morgan fingerprint density at radius 3 is 2.82 bits per heavy atom. The van der Waals surface area contributed by atoms with Crippen LogP contribution in [0.15, 0.2) is 29.6 Å². The third-order valence-electron chi connectivity index (χ3n) is 2.54. The van der Waals surface area contributed by atoms with Gasteiger partial charge in [0.2, 0.25) is 0 Å². The number of nitrogens with one attached hydrogen (secondary N) is 1. The first kappa shape index (κ1) is 12.5. The maximum atomic E-state index is 13.4. The molecule has 0 aliphatic carbocycles. The van der Waals surface area contributed by atoms with Crippen LogP contribution in [-0.4, -0.2) is 0 Å². The molecule has 1 atom stereocenters. The largest absolute Gasteiger partial charge is 0.271 e. The van der Waals surface area contributed by atoms with Crippen molar-refractivity contribution in [2.75, 3.05) is 0 Å². The summed E-state index contributed by atoms with van der Waals surface area (Å²) in [7, 11) is 0. The Balaban J connectivity index is 2.45. The lowest BCUT2D eigenvalue weighted by Gasteiger charge is -2.16. The van der Waals surface area contributed by atoms with Crippen LogP contribution < -0.4 is 11.3 Å². The molecule has 2 nitrogen and oxygen atoms in total. The van der Waals surface area contributed by atoms with Gasteiger partial charge in [-0.15, -0.1) is 11.3 Å². The zero-order chi connectivity index (χ0) is 12.4. The fourth-order valence-electron chi connectivity index (χ4n) is 1.72. The fraction of sp³-hybridized carbons (Fsp3) is 0.167. The molecule has 1 aromatic carbocycles. The quantitative estimate of drug-likeness (QED) is 0.663. The summed E-state index contributed by atoms with van der Waals surface area (Å²) in [5.41, 5.74) is 4.31. The van der Waals surface area contributed by atoms with Crippen LogP contribution in [0.5, 0.6) is 0 Å². The lowest BCUT2D eigenvalue weighted by Crippen LogP contribution is -2.28. The fourth-order valence-corrected chi connectivity index (χ4v) is 2.69. The summed E-state index contributed by atoms with van der Waals surface area (Å²) in [6.07, 6.45) is 0. The van der Waals surface area contributed by atoms with Gasteiger partial charge in [-0.05, 0) is 35.6 Å². The zero-order valence-corrected chi connectivity index (χ0v) is 10.8. The van der Waals surface area contributed by atoms with Crippen molar-refractivity contribution in [1.29, 1.82) is 0 Å². The van der Waals surface area contributed by atoms with Crippen LogP contribution >= 0.6 is 22.9 Å². The standard InChI is InChI=1S/C12H12ClFN2S/c1-7-5-8(6-17-7)12(16-15)9-3-2-4-10(14)11(9)13/h2-6,12,16H,15H2,1H3. The Kier molecular flexibility index (Phi) is 3.79. The third-order valence-corrected chi connectivity index (χ3v) is 3.82. The van der Waals surface area contributed by atoms with Crippen molar-refractivity contribution < 1.29 is 4.39 Å². The molecule has 0 amide bonds. The van der Waals surface area contributed by atoms with Crippen molar-refractivity contribution in [2.45, 2.75) is 13.0 Å². The highest BCUT2D eigenvalue weighted by Gasteiger charge is 2.18. The minimum Gasteiger partial charge on any atom is -0.271 e. The monoisotopic (exact) mass is 270 g/mol. The number of hydrogen-bond acceptors (Lipinski definition) is 3. The predicted molar refractivity (Wildman–Crippen MR) is 69.6 cm³/mol. The average Bonchev–Trinajstić information content (AvgIpc) is 2.72. The van der Waals surface area contributed by atoms with E-state index in [0.29, 0.717) is 5.56 Å². The molecule has 5 heteroatoms. The Hall–Kier alpha value is -0.940. The summed E-state index contributed by atoms with van der Waals surface area (Å²) in [5.74, 6) is 5.10. The van der Waals surface area contributed by atoms with E-state index in [4.69, 9.17) is 17.4 Å². The lowest BCUT2D eigenvalue weighted by atomic mass is 10.0. The van der Waals surface area contributed by atoms with Gasteiger partial charge < -0.3 is 0 Å². The Morgan fingerprint density at radius 1 is 1.47 bits per heavy atom. The predicted octanol–water partition coefficient (Wildman–Crippen LogP) is 3.40. The summed E-state index contributed by atoms with van der Waals surface area (Å²) in [4.78, 5) is 1.17. The summed E-state index contributed by atoms with van der Waals surface area (Å²) >= 11 is 7.58. The molecule has 90 valence electrons. The van der Waals surface area contributed by atoms with Crippen molar-refractivity contribution in [1.82, 2.24) is 5.43 Å². The molecule has 0 spiro atoms.